The van der Waals surface area contributed by atoms with E-state index in [1.807, 2.05) is 12.1 Å². The maximum atomic E-state index is 12.7. The molecule has 3 atom stereocenters. The van der Waals surface area contributed by atoms with Crippen LogP contribution in [0.25, 0.3) is 0 Å². The first-order valence-electron chi connectivity index (χ1n) is 10.8. The van der Waals surface area contributed by atoms with Crippen molar-refractivity contribution in [3.8, 4) is 0 Å². The van der Waals surface area contributed by atoms with Crippen molar-refractivity contribution in [1.82, 2.24) is 10.2 Å². The van der Waals surface area contributed by atoms with E-state index in [9.17, 15) is 9.59 Å². The predicted octanol–water partition coefficient (Wildman–Crippen LogP) is 3.09. The molecule has 2 heterocycles. The second kappa shape index (κ2) is 11.3. The molecule has 0 bridgehead atoms. The molecule has 0 radical (unpaired) electrons. The highest BCUT2D eigenvalue weighted by molar-refractivity contribution is 5.95. The van der Waals surface area contributed by atoms with E-state index in [1.54, 1.807) is 0 Å². The van der Waals surface area contributed by atoms with Crippen molar-refractivity contribution in [2.75, 3.05) is 18.4 Å². The fourth-order valence-corrected chi connectivity index (χ4v) is 5.13. The molecule has 1 aromatic carbocycles. The normalized spacial score (nSPS) is 26.7. The molecule has 4 N–H and O–H groups in total. The minimum atomic E-state index is -0.176. The van der Waals surface area contributed by atoms with Crippen molar-refractivity contribution in [1.29, 1.82) is 0 Å². The summed E-state index contributed by atoms with van der Waals surface area (Å²) in [5, 5.41) is 6.66. The van der Waals surface area contributed by atoms with E-state index in [0.29, 0.717) is 12.0 Å². The van der Waals surface area contributed by atoms with E-state index in [2.05, 4.69) is 27.7 Å². The first kappa shape index (κ1) is 24.9. The van der Waals surface area contributed by atoms with Crippen LogP contribution in [0.2, 0.25) is 0 Å². The third-order valence-electron chi connectivity index (χ3n) is 6.77. The zero-order valence-corrected chi connectivity index (χ0v) is 19.0. The van der Waals surface area contributed by atoms with Crippen LogP contribution in [0.15, 0.2) is 24.3 Å². The number of nitrogens with two attached hydrogens (primary N) is 1. The number of piperidine rings is 1. The van der Waals surface area contributed by atoms with Gasteiger partial charge in [-0.05, 0) is 68.8 Å². The van der Waals surface area contributed by atoms with Gasteiger partial charge in [-0.2, -0.15) is 0 Å². The molecule has 2 aliphatic heterocycles. The fraction of sp³-hybridized carbons (Fsp3) is 0.636. The van der Waals surface area contributed by atoms with Crippen LogP contribution in [0.3, 0.4) is 0 Å². The van der Waals surface area contributed by atoms with Gasteiger partial charge in [-0.3, -0.25) is 14.5 Å². The summed E-state index contributed by atoms with van der Waals surface area (Å²) in [4.78, 5) is 26.4. The van der Waals surface area contributed by atoms with E-state index < -0.39 is 0 Å². The molecule has 3 unspecified atom stereocenters. The predicted molar refractivity (Wildman–Crippen MR) is 124 cm³/mol. The van der Waals surface area contributed by atoms with Crippen molar-refractivity contribution < 1.29 is 9.59 Å². The minimum Gasteiger partial charge on any atom is -0.369 e. The van der Waals surface area contributed by atoms with Crippen molar-refractivity contribution in [2.24, 2.45) is 17.6 Å². The van der Waals surface area contributed by atoms with Gasteiger partial charge in [0.1, 0.15) is 0 Å². The number of fused-ring (bicyclic) bond motifs is 1. The van der Waals surface area contributed by atoms with E-state index in [4.69, 9.17) is 5.73 Å². The van der Waals surface area contributed by atoms with Gasteiger partial charge in [0.25, 0.3) is 0 Å². The maximum Gasteiger partial charge on any atom is 0.241 e. The van der Waals surface area contributed by atoms with Crippen LogP contribution >= 0.6 is 24.8 Å². The minimum absolute atomic E-state index is 0. The van der Waals surface area contributed by atoms with Gasteiger partial charge in [-0.15, -0.1) is 24.8 Å². The lowest BCUT2D eigenvalue weighted by molar-refractivity contribution is -0.123. The van der Waals surface area contributed by atoms with E-state index in [-0.39, 0.29) is 48.6 Å². The fourth-order valence-electron chi connectivity index (χ4n) is 5.13. The topological polar surface area (TPSA) is 87.5 Å². The molecule has 1 saturated carbocycles. The lowest BCUT2D eigenvalue weighted by Crippen LogP contribution is -2.40. The molecular formula is C22H34Cl2N4O2. The van der Waals surface area contributed by atoms with E-state index in [1.165, 1.54) is 31.2 Å². The summed E-state index contributed by atoms with van der Waals surface area (Å²) in [5.74, 6) is 0.599. The molecule has 6 nitrogen and oxygen atoms in total. The Labute approximate surface area is 191 Å². The molecule has 168 valence electrons. The second-order valence-electron chi connectivity index (χ2n) is 8.75. The smallest absolute Gasteiger partial charge is 0.241 e. The SMILES string of the molecule is Cl.Cl.NC(=O)C1CCN(Cc2cccc(NC(=O)C3CC4CCCCC4N3)c2)CC1. The highest BCUT2D eigenvalue weighted by Crippen LogP contribution is 2.33. The Morgan fingerprint density at radius 1 is 1.10 bits per heavy atom. The number of anilines is 1. The Kier molecular flexibility index (Phi) is 9.41. The number of hydrogen-bond donors (Lipinski definition) is 3. The third kappa shape index (κ3) is 6.10. The number of hydrogen-bond acceptors (Lipinski definition) is 4. The lowest BCUT2D eigenvalue weighted by Gasteiger charge is -2.30. The molecule has 0 spiro atoms. The summed E-state index contributed by atoms with van der Waals surface area (Å²) in [7, 11) is 0. The summed E-state index contributed by atoms with van der Waals surface area (Å²) in [6.07, 6.45) is 7.67. The Morgan fingerprint density at radius 2 is 1.83 bits per heavy atom. The zero-order valence-electron chi connectivity index (χ0n) is 17.3. The number of halogens is 2. The zero-order chi connectivity index (χ0) is 19.5. The monoisotopic (exact) mass is 456 g/mol. The molecule has 3 aliphatic rings. The van der Waals surface area contributed by atoms with Crippen LogP contribution in [0.1, 0.15) is 50.5 Å². The van der Waals surface area contributed by atoms with Crippen molar-refractivity contribution in [3.05, 3.63) is 29.8 Å². The van der Waals surface area contributed by atoms with Crippen LogP contribution in [0.4, 0.5) is 5.69 Å². The first-order chi connectivity index (χ1) is 13.6. The van der Waals surface area contributed by atoms with Crippen LogP contribution in [0, 0.1) is 11.8 Å². The molecule has 2 amide bonds. The third-order valence-corrected chi connectivity index (χ3v) is 6.77. The van der Waals surface area contributed by atoms with Gasteiger partial charge in [-0.1, -0.05) is 25.0 Å². The van der Waals surface area contributed by atoms with Gasteiger partial charge in [0, 0.05) is 24.2 Å². The van der Waals surface area contributed by atoms with Crippen molar-refractivity contribution in [2.45, 2.75) is 63.6 Å². The second-order valence-corrected chi connectivity index (χ2v) is 8.75. The Morgan fingerprint density at radius 3 is 2.53 bits per heavy atom. The molecule has 0 aromatic heterocycles. The molecule has 30 heavy (non-hydrogen) atoms. The van der Waals surface area contributed by atoms with E-state index >= 15 is 0 Å². The summed E-state index contributed by atoms with van der Waals surface area (Å²) in [6, 6.07) is 8.59. The number of benzene rings is 1. The van der Waals surface area contributed by atoms with Gasteiger partial charge in [0.2, 0.25) is 11.8 Å². The Balaban J connectivity index is 0.00000160. The standard InChI is InChI=1S/C22H32N4O2.2ClH/c23-21(27)16-8-10-26(11-9-16)14-15-4-3-6-18(12-15)24-22(28)20-13-17-5-1-2-7-19(17)25-20;;/h3-4,6,12,16-17,19-20,25H,1-2,5,7-11,13-14H2,(H2,23,27)(H,24,28);2*1H. The van der Waals surface area contributed by atoms with Crippen LogP contribution in [-0.2, 0) is 16.1 Å². The van der Waals surface area contributed by atoms with E-state index in [0.717, 1.165) is 44.6 Å². The maximum absolute atomic E-state index is 12.7. The summed E-state index contributed by atoms with van der Waals surface area (Å²) in [6.45, 7) is 2.61. The van der Waals surface area contributed by atoms with Gasteiger partial charge in [0.15, 0.2) is 0 Å². The largest absolute Gasteiger partial charge is 0.369 e. The number of likely N-dealkylation sites (tertiary alicyclic amines) is 1. The highest BCUT2D eigenvalue weighted by Gasteiger charge is 2.38. The average Bonchev–Trinajstić information content (AvgIpc) is 3.13. The van der Waals surface area contributed by atoms with Crippen LogP contribution in [0.5, 0.6) is 0 Å². The van der Waals surface area contributed by atoms with Gasteiger partial charge >= 0.3 is 0 Å². The van der Waals surface area contributed by atoms with Crippen molar-refractivity contribution >= 4 is 42.3 Å². The average molecular weight is 457 g/mol. The molecule has 3 fully saturated rings. The van der Waals surface area contributed by atoms with Crippen LogP contribution < -0.4 is 16.4 Å². The number of rotatable bonds is 5. The molecule has 4 rings (SSSR count). The van der Waals surface area contributed by atoms with Gasteiger partial charge in [-0.25, -0.2) is 0 Å². The number of primary amides is 1. The van der Waals surface area contributed by atoms with Crippen molar-refractivity contribution in [3.63, 3.8) is 0 Å². The van der Waals surface area contributed by atoms with Crippen LogP contribution in [-0.4, -0.2) is 41.9 Å². The quantitative estimate of drug-likeness (QED) is 0.634. The van der Waals surface area contributed by atoms with Gasteiger partial charge < -0.3 is 16.4 Å². The summed E-state index contributed by atoms with van der Waals surface area (Å²) >= 11 is 0. The Hall–Kier alpha value is -1.34. The molecule has 1 aromatic rings. The number of nitrogens with zero attached hydrogens (tertiary/aromatic N) is 1. The summed E-state index contributed by atoms with van der Waals surface area (Å²) < 4.78 is 0. The number of nitrogens with one attached hydrogen (secondary N) is 2. The van der Waals surface area contributed by atoms with Gasteiger partial charge in [0.05, 0.1) is 6.04 Å². The Bertz CT molecular complexity index is 711. The number of carbonyl (C=O) groups excluding carboxylic acids is 2. The molecular weight excluding hydrogens is 423 g/mol. The molecule has 1 aliphatic carbocycles. The summed E-state index contributed by atoms with van der Waals surface area (Å²) in [5.41, 5.74) is 7.47. The highest BCUT2D eigenvalue weighted by atomic mass is 35.5. The number of amides is 2. The molecule has 8 heteroatoms. The first-order valence-corrected chi connectivity index (χ1v) is 10.8. The lowest BCUT2D eigenvalue weighted by atomic mass is 9.85. The molecule has 2 saturated heterocycles. The number of carbonyl (C=O) groups is 2.